The Morgan fingerprint density at radius 2 is 1.96 bits per heavy atom. The van der Waals surface area contributed by atoms with Crippen LogP contribution in [-0.2, 0) is 9.09 Å². The topological polar surface area (TPSA) is 66.8 Å². The number of hydrogen-bond donors (Lipinski definition) is 2. The van der Waals surface area contributed by atoms with E-state index >= 15 is 0 Å². The quantitative estimate of drug-likeness (QED) is 0.501. The second-order valence-corrected chi connectivity index (χ2v) is 11.1. The largest absolute Gasteiger partial charge is 0.469 e. The van der Waals surface area contributed by atoms with Crippen molar-refractivity contribution in [3.8, 4) is 0 Å². The predicted molar refractivity (Wildman–Crippen MR) is 102 cm³/mol. The molecule has 2 N–H and O–H groups in total. The Balaban J connectivity index is 1.49. The van der Waals surface area contributed by atoms with Crippen molar-refractivity contribution in [2.45, 2.75) is 78.1 Å². The molecule has 3 fully saturated rings. The van der Waals surface area contributed by atoms with Crippen LogP contribution in [0, 0.1) is 34.5 Å². The maximum Gasteiger partial charge on any atom is 0.469 e. The van der Waals surface area contributed by atoms with Gasteiger partial charge in [-0.3, -0.25) is 4.52 Å². The zero-order valence-electron chi connectivity index (χ0n) is 16.3. The zero-order chi connectivity index (χ0) is 18.6. The summed E-state index contributed by atoms with van der Waals surface area (Å²) in [6.45, 7) is 5.21. The molecule has 0 amide bonds. The maximum absolute atomic E-state index is 11.0. The van der Waals surface area contributed by atoms with Crippen molar-refractivity contribution in [1.82, 2.24) is 0 Å². The smallest absolute Gasteiger partial charge is 0.303 e. The Morgan fingerprint density at radius 3 is 2.73 bits per heavy atom. The van der Waals surface area contributed by atoms with E-state index in [0.29, 0.717) is 16.7 Å². The lowest BCUT2D eigenvalue weighted by Crippen LogP contribution is -2.50. The van der Waals surface area contributed by atoms with Gasteiger partial charge in [-0.25, -0.2) is 4.57 Å². The molecule has 0 aromatic rings. The van der Waals surface area contributed by atoms with E-state index in [4.69, 9.17) is 14.3 Å². The Labute approximate surface area is 158 Å². The van der Waals surface area contributed by atoms with Gasteiger partial charge in [0, 0.05) is 0 Å². The van der Waals surface area contributed by atoms with Crippen LogP contribution in [0.2, 0.25) is 0 Å². The summed E-state index contributed by atoms with van der Waals surface area (Å²) in [7, 11) is -4.34. The molecule has 0 aromatic heterocycles. The fourth-order valence-corrected chi connectivity index (χ4v) is 7.99. The van der Waals surface area contributed by atoms with E-state index in [0.717, 1.165) is 24.2 Å². The van der Waals surface area contributed by atoms with Gasteiger partial charge >= 0.3 is 7.82 Å². The molecule has 0 aromatic carbocycles. The van der Waals surface area contributed by atoms with Crippen LogP contribution in [-0.4, -0.2) is 16.4 Å². The fraction of sp³-hybridized carbons (Fsp3) is 0.905. The molecule has 4 aliphatic carbocycles. The van der Waals surface area contributed by atoms with E-state index < -0.39 is 7.82 Å². The average Bonchev–Trinajstić information content (AvgIpc) is 2.90. The number of fused-ring (bicyclic) bond motifs is 5. The molecule has 0 bridgehead atoms. The molecular formula is C21H35O4P. The first-order valence-electron chi connectivity index (χ1n) is 10.6. The summed E-state index contributed by atoms with van der Waals surface area (Å²) in [4.78, 5) is 17.9. The predicted octanol–water partition coefficient (Wildman–Crippen LogP) is 5.45. The first-order valence-corrected chi connectivity index (χ1v) is 12.2. The van der Waals surface area contributed by atoms with Crippen LogP contribution in [0.15, 0.2) is 11.6 Å². The lowest BCUT2D eigenvalue weighted by molar-refractivity contribution is -0.0536. The van der Waals surface area contributed by atoms with Gasteiger partial charge in [-0.05, 0) is 98.7 Å². The summed E-state index contributed by atoms with van der Waals surface area (Å²) in [6, 6.07) is 0. The van der Waals surface area contributed by atoms with E-state index in [2.05, 4.69) is 19.9 Å². The van der Waals surface area contributed by atoms with E-state index in [9.17, 15) is 4.57 Å². The van der Waals surface area contributed by atoms with Gasteiger partial charge in [0.1, 0.15) is 0 Å². The van der Waals surface area contributed by atoms with Gasteiger partial charge in [0.25, 0.3) is 0 Å². The number of phosphoric ester groups is 1. The van der Waals surface area contributed by atoms with E-state index in [1.54, 1.807) is 5.57 Å². The molecule has 3 saturated carbocycles. The van der Waals surface area contributed by atoms with Gasteiger partial charge in [0.15, 0.2) is 0 Å². The highest BCUT2D eigenvalue weighted by Crippen LogP contribution is 2.67. The maximum atomic E-state index is 11.0. The Morgan fingerprint density at radius 1 is 1.15 bits per heavy atom. The number of phosphoric acid groups is 1. The molecule has 148 valence electrons. The molecule has 0 saturated heterocycles. The third kappa shape index (κ3) is 3.15. The molecule has 5 heteroatoms. The monoisotopic (exact) mass is 382 g/mol. The van der Waals surface area contributed by atoms with Crippen LogP contribution < -0.4 is 0 Å². The highest BCUT2D eigenvalue weighted by atomic mass is 31.2. The summed E-state index contributed by atoms with van der Waals surface area (Å²) < 4.78 is 15.8. The number of rotatable bonds is 4. The van der Waals surface area contributed by atoms with Crippen molar-refractivity contribution in [3.63, 3.8) is 0 Å². The van der Waals surface area contributed by atoms with Crippen molar-refractivity contribution in [1.29, 1.82) is 0 Å². The minimum absolute atomic E-state index is 0.190. The average molecular weight is 382 g/mol. The Hall–Kier alpha value is -0.150. The van der Waals surface area contributed by atoms with Gasteiger partial charge in [0.2, 0.25) is 0 Å². The molecular weight excluding hydrogens is 347 g/mol. The van der Waals surface area contributed by atoms with Gasteiger partial charge < -0.3 is 9.79 Å². The van der Waals surface area contributed by atoms with Crippen molar-refractivity contribution in [3.05, 3.63) is 11.6 Å². The van der Waals surface area contributed by atoms with Gasteiger partial charge in [-0.15, -0.1) is 0 Å². The third-order valence-electron chi connectivity index (χ3n) is 8.95. The summed E-state index contributed by atoms with van der Waals surface area (Å²) in [5.74, 6) is 3.05. The summed E-state index contributed by atoms with van der Waals surface area (Å²) >= 11 is 0. The minimum Gasteiger partial charge on any atom is -0.303 e. The lowest BCUT2D eigenvalue weighted by atomic mass is 9.47. The van der Waals surface area contributed by atoms with Crippen LogP contribution in [0.25, 0.3) is 0 Å². The van der Waals surface area contributed by atoms with E-state index in [1.165, 1.54) is 57.8 Å². The van der Waals surface area contributed by atoms with Crippen molar-refractivity contribution in [2.24, 2.45) is 34.5 Å². The van der Waals surface area contributed by atoms with Crippen LogP contribution in [0.3, 0.4) is 0 Å². The zero-order valence-corrected chi connectivity index (χ0v) is 17.2. The third-order valence-corrected chi connectivity index (χ3v) is 9.47. The lowest BCUT2D eigenvalue weighted by Gasteiger charge is -2.58. The molecule has 0 radical (unpaired) electrons. The standard InChI is InChI=1S/C21H35O4P/c1-20-12-4-3-5-15(20)6-8-17-18-9-7-16(11-14-25-26(22,23)24)21(18,2)13-10-19(17)20/h5,16-19H,3-4,6-14H2,1-2H3,(H2,22,23,24)/t16-,17+,18+,19+,20+,21-/m1/s1. The van der Waals surface area contributed by atoms with Gasteiger partial charge in [-0.2, -0.15) is 0 Å². The highest BCUT2D eigenvalue weighted by Gasteiger charge is 2.58. The molecule has 0 heterocycles. The molecule has 0 spiro atoms. The summed E-state index contributed by atoms with van der Waals surface area (Å²) in [6.07, 6.45) is 15.1. The molecule has 4 aliphatic rings. The number of allylic oxidation sites excluding steroid dienone is 2. The van der Waals surface area contributed by atoms with Crippen molar-refractivity contribution in [2.75, 3.05) is 6.61 Å². The molecule has 0 aliphatic heterocycles. The highest BCUT2D eigenvalue weighted by molar-refractivity contribution is 7.46. The first-order chi connectivity index (χ1) is 12.2. The Bertz CT molecular complexity index is 626. The van der Waals surface area contributed by atoms with Gasteiger partial charge in [0.05, 0.1) is 6.61 Å². The van der Waals surface area contributed by atoms with Crippen LogP contribution in [0.5, 0.6) is 0 Å². The van der Waals surface area contributed by atoms with Crippen molar-refractivity contribution >= 4 is 7.82 Å². The first kappa shape index (κ1) is 19.2. The Kier molecular flexibility index (Phi) is 4.96. The second kappa shape index (κ2) is 6.72. The van der Waals surface area contributed by atoms with Crippen molar-refractivity contribution < 1.29 is 18.9 Å². The molecule has 4 nitrogen and oxygen atoms in total. The summed E-state index contributed by atoms with van der Waals surface area (Å²) in [5.41, 5.74) is 2.55. The van der Waals surface area contributed by atoms with Gasteiger partial charge in [-0.1, -0.05) is 25.5 Å². The number of hydrogen-bond acceptors (Lipinski definition) is 2. The SMILES string of the molecule is C[C@]12CC[C@H]3[C@@H](CCC4=CCCC[C@@]43C)[C@@H]1CC[C@@H]2CCOP(=O)(O)O. The fourth-order valence-electron chi connectivity index (χ4n) is 7.65. The van der Waals surface area contributed by atoms with Crippen LogP contribution >= 0.6 is 7.82 Å². The molecule has 6 atom stereocenters. The second-order valence-electron chi connectivity index (χ2n) is 9.89. The normalized spacial score (nSPS) is 45.5. The van der Waals surface area contributed by atoms with Crippen LogP contribution in [0.1, 0.15) is 78.1 Å². The molecule has 4 rings (SSSR count). The summed E-state index contributed by atoms with van der Waals surface area (Å²) in [5, 5.41) is 0. The van der Waals surface area contributed by atoms with E-state index in [-0.39, 0.29) is 6.61 Å². The van der Waals surface area contributed by atoms with E-state index in [1.807, 2.05) is 0 Å². The van der Waals surface area contributed by atoms with Crippen LogP contribution in [0.4, 0.5) is 0 Å². The molecule has 26 heavy (non-hydrogen) atoms. The minimum atomic E-state index is -4.34. The molecule has 0 unspecified atom stereocenters.